The maximum absolute atomic E-state index is 14.2. The maximum atomic E-state index is 14.2. The van der Waals surface area contributed by atoms with E-state index < -0.39 is 59.7 Å². The number of rotatable bonds is 6. The summed E-state index contributed by atoms with van der Waals surface area (Å²) in [5.74, 6) is -3.24. The normalized spacial score (nSPS) is 25.2. The predicted molar refractivity (Wildman–Crippen MR) is 191 cm³/mol. The third kappa shape index (κ3) is 9.28. The Morgan fingerprint density at radius 3 is 2.16 bits per heavy atom. The second-order valence-corrected chi connectivity index (χ2v) is 14.0. The first-order valence-electron chi connectivity index (χ1n) is 17.7. The van der Waals surface area contributed by atoms with Crippen molar-refractivity contribution in [2.24, 2.45) is 11.8 Å². The number of amides is 6. The molecule has 0 aromatic heterocycles. The summed E-state index contributed by atoms with van der Waals surface area (Å²) in [7, 11) is 1.56. The number of piperidine rings is 1. The molecule has 270 valence electrons. The molecule has 4 rings (SSSR count). The Bertz CT molecular complexity index is 1550. The molecule has 0 radical (unpaired) electrons. The number of fused-ring (bicyclic) bond motifs is 2. The SMILES string of the molecule is CC[C@H](C)C1NC(=O)[C@H](Cc2ccccc2)NC(=O)[C@@H](C)NC(=O)C(CC(C)C)N(C)C(=O)[C@@H]2CCCCN2C(=O)c2ccccc2NC1=O. The number of hydrogen-bond donors (Lipinski definition) is 4. The van der Waals surface area contributed by atoms with Crippen LogP contribution in [0.25, 0.3) is 0 Å². The molecule has 2 aromatic carbocycles. The van der Waals surface area contributed by atoms with Gasteiger partial charge in [-0.3, -0.25) is 28.8 Å². The Kier molecular flexibility index (Phi) is 13.1. The number of carbonyl (C=O) groups excluding carboxylic acids is 6. The molecule has 2 aromatic rings. The largest absolute Gasteiger partial charge is 0.343 e. The lowest BCUT2D eigenvalue weighted by atomic mass is 9.96. The van der Waals surface area contributed by atoms with Gasteiger partial charge in [-0.05, 0) is 62.1 Å². The molecule has 12 heteroatoms. The van der Waals surface area contributed by atoms with E-state index in [9.17, 15) is 28.8 Å². The van der Waals surface area contributed by atoms with E-state index in [0.717, 1.165) is 12.0 Å². The minimum absolute atomic E-state index is 0.0312. The second kappa shape index (κ2) is 17.3. The van der Waals surface area contributed by atoms with Gasteiger partial charge in [0.15, 0.2) is 0 Å². The monoisotopic (exact) mass is 688 g/mol. The Morgan fingerprint density at radius 2 is 1.48 bits per heavy atom. The zero-order valence-corrected chi connectivity index (χ0v) is 30.0. The van der Waals surface area contributed by atoms with E-state index in [1.165, 1.54) is 16.7 Å². The molecule has 1 saturated heterocycles. The van der Waals surface area contributed by atoms with Crippen molar-refractivity contribution >= 4 is 41.1 Å². The molecule has 2 heterocycles. The number of nitrogens with zero attached hydrogens (tertiary/aromatic N) is 2. The van der Waals surface area contributed by atoms with Gasteiger partial charge >= 0.3 is 0 Å². The van der Waals surface area contributed by atoms with Crippen molar-refractivity contribution in [2.45, 2.75) is 103 Å². The number of anilines is 1. The van der Waals surface area contributed by atoms with Crippen LogP contribution in [-0.2, 0) is 30.4 Å². The van der Waals surface area contributed by atoms with Crippen molar-refractivity contribution in [2.75, 3.05) is 18.9 Å². The van der Waals surface area contributed by atoms with E-state index in [4.69, 9.17) is 0 Å². The van der Waals surface area contributed by atoms with Crippen molar-refractivity contribution in [1.29, 1.82) is 0 Å². The van der Waals surface area contributed by atoms with Crippen LogP contribution in [0, 0.1) is 11.8 Å². The Labute approximate surface area is 295 Å². The van der Waals surface area contributed by atoms with Crippen LogP contribution >= 0.6 is 0 Å². The van der Waals surface area contributed by atoms with Gasteiger partial charge in [0.05, 0.1) is 11.3 Å². The number of para-hydroxylation sites is 1. The maximum Gasteiger partial charge on any atom is 0.256 e. The van der Waals surface area contributed by atoms with Crippen LogP contribution in [0.5, 0.6) is 0 Å². The summed E-state index contributed by atoms with van der Waals surface area (Å²) in [5, 5.41) is 11.3. The summed E-state index contributed by atoms with van der Waals surface area (Å²) in [6.07, 6.45) is 2.86. The van der Waals surface area contributed by atoms with Crippen LogP contribution in [0.2, 0.25) is 0 Å². The van der Waals surface area contributed by atoms with Crippen molar-refractivity contribution < 1.29 is 28.8 Å². The van der Waals surface area contributed by atoms with Crippen LogP contribution in [0.1, 0.15) is 82.6 Å². The van der Waals surface area contributed by atoms with Gasteiger partial charge < -0.3 is 31.1 Å². The highest BCUT2D eigenvalue weighted by atomic mass is 16.2. The van der Waals surface area contributed by atoms with Gasteiger partial charge in [-0.15, -0.1) is 0 Å². The standard InChI is InChI=1S/C38H52N6O6/c1-7-24(4)32-36(48)40-28-18-12-11-17-27(28)37(49)44-20-14-13-19-30(44)38(50)43(6)31(21-23(2)3)35(47)39-25(5)33(45)41-29(34(46)42-32)22-26-15-9-8-10-16-26/h8-12,15-18,23-25,29-32H,7,13-14,19-22H2,1-6H3,(H,39,47)(H,40,48)(H,41,45)(H,42,46)/t24-,25+,29-,30-,31?,32?/m0/s1. The predicted octanol–water partition coefficient (Wildman–Crippen LogP) is 3.27. The van der Waals surface area contributed by atoms with Gasteiger partial charge in [-0.1, -0.05) is 76.6 Å². The summed E-state index contributed by atoms with van der Waals surface area (Å²) in [4.78, 5) is 86.6. The summed E-state index contributed by atoms with van der Waals surface area (Å²) in [5.41, 5.74) is 1.26. The molecule has 1 fully saturated rings. The number of benzene rings is 2. The average Bonchev–Trinajstić information content (AvgIpc) is 3.11. The van der Waals surface area contributed by atoms with Gasteiger partial charge in [-0.25, -0.2) is 0 Å². The Morgan fingerprint density at radius 1 is 0.800 bits per heavy atom. The molecule has 2 aliphatic rings. The van der Waals surface area contributed by atoms with Gasteiger partial charge in [0.2, 0.25) is 29.5 Å². The second-order valence-electron chi connectivity index (χ2n) is 14.0. The van der Waals surface area contributed by atoms with Crippen LogP contribution < -0.4 is 21.3 Å². The molecule has 0 saturated carbocycles. The van der Waals surface area contributed by atoms with E-state index in [-0.39, 0.29) is 35.4 Å². The third-order valence-corrected chi connectivity index (χ3v) is 9.74. The molecule has 6 amide bonds. The number of hydrogen-bond acceptors (Lipinski definition) is 6. The lowest BCUT2D eigenvalue weighted by Gasteiger charge is -2.39. The molecule has 4 N–H and O–H groups in total. The molecule has 0 aliphatic carbocycles. The molecule has 0 bridgehead atoms. The van der Waals surface area contributed by atoms with Crippen LogP contribution in [-0.4, -0.2) is 89.0 Å². The fourth-order valence-corrected chi connectivity index (χ4v) is 6.54. The quantitative estimate of drug-likeness (QED) is 0.365. The highest BCUT2D eigenvalue weighted by molar-refractivity contribution is 6.07. The highest BCUT2D eigenvalue weighted by Crippen LogP contribution is 2.26. The first kappa shape index (κ1) is 38.1. The molecular weight excluding hydrogens is 636 g/mol. The van der Waals surface area contributed by atoms with E-state index >= 15 is 0 Å². The van der Waals surface area contributed by atoms with E-state index in [1.807, 2.05) is 58.0 Å². The van der Waals surface area contributed by atoms with Crippen LogP contribution in [0.3, 0.4) is 0 Å². The molecule has 12 nitrogen and oxygen atoms in total. The molecule has 2 aliphatic heterocycles. The van der Waals surface area contributed by atoms with Crippen LogP contribution in [0.15, 0.2) is 54.6 Å². The smallest absolute Gasteiger partial charge is 0.256 e. The first-order chi connectivity index (χ1) is 23.8. The number of nitrogens with one attached hydrogen (secondary N) is 4. The van der Waals surface area contributed by atoms with E-state index in [2.05, 4.69) is 21.3 Å². The van der Waals surface area contributed by atoms with Crippen LogP contribution in [0.4, 0.5) is 5.69 Å². The van der Waals surface area contributed by atoms with Gasteiger partial charge in [0, 0.05) is 20.0 Å². The lowest BCUT2D eigenvalue weighted by Crippen LogP contribution is -2.59. The van der Waals surface area contributed by atoms with Crippen molar-refractivity contribution in [3.8, 4) is 0 Å². The van der Waals surface area contributed by atoms with Gasteiger partial charge in [0.1, 0.15) is 30.2 Å². The number of carbonyl (C=O) groups is 6. The summed E-state index contributed by atoms with van der Waals surface area (Å²) < 4.78 is 0. The van der Waals surface area contributed by atoms with Crippen molar-refractivity contribution in [1.82, 2.24) is 25.8 Å². The lowest BCUT2D eigenvalue weighted by molar-refractivity contribution is -0.144. The molecule has 6 atom stereocenters. The van der Waals surface area contributed by atoms with Crippen molar-refractivity contribution in [3.63, 3.8) is 0 Å². The minimum Gasteiger partial charge on any atom is -0.343 e. The fraction of sp³-hybridized carbons (Fsp3) is 0.526. The fourth-order valence-electron chi connectivity index (χ4n) is 6.54. The van der Waals surface area contributed by atoms with Crippen molar-refractivity contribution in [3.05, 3.63) is 65.7 Å². The van der Waals surface area contributed by atoms with Gasteiger partial charge in [0.25, 0.3) is 5.91 Å². The third-order valence-electron chi connectivity index (χ3n) is 9.74. The highest BCUT2D eigenvalue weighted by Gasteiger charge is 2.40. The van der Waals surface area contributed by atoms with E-state index in [0.29, 0.717) is 32.2 Å². The Hall–Kier alpha value is -4.74. The average molecular weight is 689 g/mol. The summed E-state index contributed by atoms with van der Waals surface area (Å²) >= 11 is 0. The Balaban J connectivity index is 1.79. The summed E-state index contributed by atoms with van der Waals surface area (Å²) in [6.45, 7) is 9.48. The molecule has 0 spiro atoms. The number of likely N-dealkylation sites (N-methyl/N-ethyl adjacent to an activating group) is 1. The zero-order chi connectivity index (χ0) is 36.5. The molecule has 50 heavy (non-hydrogen) atoms. The van der Waals surface area contributed by atoms with E-state index in [1.54, 1.807) is 31.3 Å². The first-order valence-corrected chi connectivity index (χ1v) is 17.7. The van der Waals surface area contributed by atoms with Gasteiger partial charge in [-0.2, -0.15) is 0 Å². The topological polar surface area (TPSA) is 157 Å². The molecular formula is C38H52N6O6. The summed E-state index contributed by atoms with van der Waals surface area (Å²) in [6, 6.07) is 10.9. The molecule has 2 unspecified atom stereocenters. The minimum atomic E-state index is -1.08. The zero-order valence-electron chi connectivity index (χ0n) is 30.0.